The Morgan fingerprint density at radius 3 is 2.47 bits per heavy atom. The van der Waals surface area contributed by atoms with Gasteiger partial charge in [-0.3, -0.25) is 0 Å². The van der Waals surface area contributed by atoms with Crippen LogP contribution in [-0.2, 0) is 11.2 Å². The summed E-state index contributed by atoms with van der Waals surface area (Å²) in [6.07, 6.45) is 0.925. The molecule has 1 N–H and O–H groups in total. The van der Waals surface area contributed by atoms with Gasteiger partial charge >= 0.3 is 0 Å². The second-order valence-electron chi connectivity index (χ2n) is 4.87. The van der Waals surface area contributed by atoms with E-state index in [0.29, 0.717) is 6.04 Å². The number of nitrogens with one attached hydrogen (secondary N) is 1. The first kappa shape index (κ1) is 14.6. The molecule has 0 saturated heterocycles. The molecule has 98 valence electrons. The summed E-state index contributed by atoms with van der Waals surface area (Å²) in [4.78, 5) is 5.91. The van der Waals surface area contributed by atoms with Crippen LogP contribution >= 0.6 is 11.3 Å². The van der Waals surface area contributed by atoms with Crippen LogP contribution in [-0.4, -0.2) is 30.3 Å². The Morgan fingerprint density at radius 2 is 2.06 bits per heavy atom. The molecule has 1 rings (SSSR count). The third-order valence-electron chi connectivity index (χ3n) is 3.27. The zero-order valence-corrected chi connectivity index (χ0v) is 12.6. The minimum absolute atomic E-state index is 0.177. The van der Waals surface area contributed by atoms with Crippen LogP contribution in [0.2, 0.25) is 0 Å². The average Bonchev–Trinajstić information content (AvgIpc) is 2.57. The topological polar surface area (TPSA) is 34.2 Å². The molecular weight excluding hydrogens is 232 g/mol. The number of nitrogens with zero attached hydrogens (tertiary/aromatic N) is 1. The number of hydrogen-bond acceptors (Lipinski definition) is 4. The third kappa shape index (κ3) is 3.76. The monoisotopic (exact) mass is 256 g/mol. The van der Waals surface area contributed by atoms with Crippen LogP contribution in [0.4, 0.5) is 0 Å². The quantitative estimate of drug-likeness (QED) is 0.850. The lowest BCUT2D eigenvalue weighted by atomic mass is 9.95. The standard InChI is InChI=1S/C13H24N2OS/c1-7-14-11(13(4,5)16-6)8-12-15-9(2)10(3)17-12/h11,14H,7-8H2,1-6H3. The summed E-state index contributed by atoms with van der Waals surface area (Å²) < 4.78 is 5.58. The maximum Gasteiger partial charge on any atom is 0.0947 e. The highest BCUT2D eigenvalue weighted by Gasteiger charge is 2.29. The number of likely N-dealkylation sites (N-methyl/N-ethyl adjacent to an activating group) is 1. The first-order chi connectivity index (χ1) is 7.90. The van der Waals surface area contributed by atoms with Crippen LogP contribution in [0.15, 0.2) is 0 Å². The molecule has 0 aromatic carbocycles. The van der Waals surface area contributed by atoms with Gasteiger partial charge in [-0.2, -0.15) is 0 Å². The van der Waals surface area contributed by atoms with E-state index in [1.807, 2.05) is 0 Å². The lowest BCUT2D eigenvalue weighted by molar-refractivity contribution is -0.00961. The van der Waals surface area contributed by atoms with Gasteiger partial charge in [0.15, 0.2) is 0 Å². The van der Waals surface area contributed by atoms with Crippen LogP contribution < -0.4 is 5.32 Å². The molecule has 0 fully saturated rings. The maximum absolute atomic E-state index is 5.58. The van der Waals surface area contributed by atoms with Crippen molar-refractivity contribution < 1.29 is 4.74 Å². The lowest BCUT2D eigenvalue weighted by Gasteiger charge is -2.33. The predicted molar refractivity (Wildman–Crippen MR) is 73.8 cm³/mol. The van der Waals surface area contributed by atoms with Gasteiger partial charge in [0.05, 0.1) is 16.3 Å². The lowest BCUT2D eigenvalue weighted by Crippen LogP contribution is -2.49. The van der Waals surface area contributed by atoms with E-state index in [-0.39, 0.29) is 5.60 Å². The van der Waals surface area contributed by atoms with Crippen molar-refractivity contribution in [1.82, 2.24) is 10.3 Å². The van der Waals surface area contributed by atoms with Crippen LogP contribution in [0, 0.1) is 13.8 Å². The average molecular weight is 256 g/mol. The van der Waals surface area contributed by atoms with Gasteiger partial charge in [-0.15, -0.1) is 11.3 Å². The zero-order chi connectivity index (χ0) is 13.1. The highest BCUT2D eigenvalue weighted by atomic mass is 32.1. The molecule has 3 nitrogen and oxygen atoms in total. The molecule has 1 unspecified atom stereocenters. The maximum atomic E-state index is 5.58. The number of hydrogen-bond donors (Lipinski definition) is 1. The van der Waals surface area contributed by atoms with Gasteiger partial charge in [0.2, 0.25) is 0 Å². The predicted octanol–water partition coefficient (Wildman–Crippen LogP) is 2.71. The van der Waals surface area contributed by atoms with Crippen molar-refractivity contribution in [2.45, 2.75) is 52.7 Å². The second kappa shape index (κ2) is 5.94. The Kier molecular flexibility index (Phi) is 5.10. The molecule has 0 radical (unpaired) electrons. The van der Waals surface area contributed by atoms with Gasteiger partial charge in [0.25, 0.3) is 0 Å². The van der Waals surface area contributed by atoms with E-state index in [1.54, 1.807) is 18.4 Å². The summed E-state index contributed by atoms with van der Waals surface area (Å²) in [6.45, 7) is 11.5. The van der Waals surface area contributed by atoms with Gasteiger partial charge in [-0.25, -0.2) is 4.98 Å². The minimum Gasteiger partial charge on any atom is -0.377 e. The second-order valence-corrected chi connectivity index (χ2v) is 6.16. The van der Waals surface area contributed by atoms with Crippen LogP contribution in [0.1, 0.15) is 36.3 Å². The van der Waals surface area contributed by atoms with E-state index in [2.05, 4.69) is 44.9 Å². The molecule has 4 heteroatoms. The summed E-state index contributed by atoms with van der Waals surface area (Å²) in [5.41, 5.74) is 0.971. The van der Waals surface area contributed by atoms with E-state index in [9.17, 15) is 0 Å². The van der Waals surface area contributed by atoms with Crippen molar-refractivity contribution >= 4 is 11.3 Å². The van der Waals surface area contributed by atoms with Crippen LogP contribution in [0.5, 0.6) is 0 Å². The summed E-state index contributed by atoms with van der Waals surface area (Å²) in [6, 6.07) is 0.294. The van der Waals surface area contributed by atoms with Gasteiger partial charge in [-0.05, 0) is 34.2 Å². The molecule has 1 heterocycles. The molecule has 1 aromatic rings. The van der Waals surface area contributed by atoms with Crippen LogP contribution in [0.3, 0.4) is 0 Å². The van der Waals surface area contributed by atoms with E-state index >= 15 is 0 Å². The Bertz CT molecular complexity index is 341. The first-order valence-corrected chi connectivity index (χ1v) is 6.93. The smallest absolute Gasteiger partial charge is 0.0947 e. The number of ether oxygens (including phenoxy) is 1. The third-order valence-corrected chi connectivity index (χ3v) is 4.36. The summed E-state index contributed by atoms with van der Waals surface area (Å²) in [7, 11) is 1.77. The van der Waals surface area contributed by atoms with E-state index in [4.69, 9.17) is 4.74 Å². The highest BCUT2D eigenvalue weighted by molar-refractivity contribution is 7.11. The molecular formula is C13H24N2OS. The Morgan fingerprint density at radius 1 is 1.41 bits per heavy atom. The Labute approximate surface area is 109 Å². The van der Waals surface area contributed by atoms with Crippen LogP contribution in [0.25, 0.3) is 0 Å². The van der Waals surface area contributed by atoms with Gasteiger partial charge in [0.1, 0.15) is 0 Å². The zero-order valence-electron chi connectivity index (χ0n) is 11.8. The Hall–Kier alpha value is -0.450. The number of thiazole rings is 1. The molecule has 1 atom stereocenters. The first-order valence-electron chi connectivity index (χ1n) is 6.12. The molecule has 0 saturated carbocycles. The SMILES string of the molecule is CCNC(Cc1nc(C)c(C)s1)C(C)(C)OC. The van der Waals surface area contributed by atoms with Gasteiger partial charge in [0, 0.05) is 24.4 Å². The molecule has 0 aliphatic rings. The fraction of sp³-hybridized carbons (Fsp3) is 0.769. The molecule has 17 heavy (non-hydrogen) atoms. The number of methoxy groups -OCH3 is 1. The molecule has 0 amide bonds. The normalized spacial score (nSPS) is 14.0. The van der Waals surface area contributed by atoms with Gasteiger partial charge in [-0.1, -0.05) is 6.92 Å². The largest absolute Gasteiger partial charge is 0.377 e. The molecule has 0 aliphatic heterocycles. The molecule has 0 bridgehead atoms. The van der Waals surface area contributed by atoms with Crippen molar-refractivity contribution in [2.75, 3.05) is 13.7 Å². The van der Waals surface area contributed by atoms with Crippen molar-refractivity contribution in [1.29, 1.82) is 0 Å². The summed E-state index contributed by atoms with van der Waals surface area (Å²) in [5, 5.41) is 4.68. The van der Waals surface area contributed by atoms with Crippen molar-refractivity contribution in [3.05, 3.63) is 15.6 Å². The van der Waals surface area contributed by atoms with E-state index in [0.717, 1.165) is 18.7 Å². The number of aromatic nitrogens is 1. The van der Waals surface area contributed by atoms with Crippen molar-refractivity contribution in [2.24, 2.45) is 0 Å². The van der Waals surface area contributed by atoms with Crippen molar-refractivity contribution in [3.63, 3.8) is 0 Å². The van der Waals surface area contributed by atoms with Gasteiger partial charge < -0.3 is 10.1 Å². The van der Waals surface area contributed by atoms with E-state index in [1.165, 1.54) is 9.88 Å². The summed E-state index contributed by atoms with van der Waals surface area (Å²) >= 11 is 1.79. The van der Waals surface area contributed by atoms with Crippen molar-refractivity contribution in [3.8, 4) is 0 Å². The minimum atomic E-state index is -0.177. The summed E-state index contributed by atoms with van der Waals surface area (Å²) in [5.74, 6) is 0. The van der Waals surface area contributed by atoms with E-state index < -0.39 is 0 Å². The number of aryl methyl sites for hydroxylation is 2. The fourth-order valence-electron chi connectivity index (χ4n) is 1.75. The Balaban J connectivity index is 2.79. The highest BCUT2D eigenvalue weighted by Crippen LogP contribution is 2.22. The fourth-order valence-corrected chi connectivity index (χ4v) is 2.73. The molecule has 0 aliphatic carbocycles. The molecule has 1 aromatic heterocycles. The molecule has 0 spiro atoms. The number of rotatable bonds is 6.